The number of nitrogens with zero attached hydrogens (tertiary/aromatic N) is 2. The zero-order valence-corrected chi connectivity index (χ0v) is 11.0. The monoisotopic (exact) mass is 259 g/mol. The first-order valence-electron chi connectivity index (χ1n) is 6.55. The van der Waals surface area contributed by atoms with Crippen molar-refractivity contribution in [3.8, 4) is 17.1 Å². The summed E-state index contributed by atoms with van der Waals surface area (Å²) >= 11 is 0. The van der Waals surface area contributed by atoms with Crippen molar-refractivity contribution in [2.75, 3.05) is 7.11 Å². The van der Waals surface area contributed by atoms with E-state index in [0.717, 1.165) is 24.2 Å². The fourth-order valence-electron chi connectivity index (χ4n) is 2.66. The molecule has 1 aliphatic carbocycles. The van der Waals surface area contributed by atoms with Crippen LogP contribution in [-0.4, -0.2) is 17.3 Å². The quantitative estimate of drug-likeness (QED) is 0.913. The minimum atomic E-state index is 0.254. The van der Waals surface area contributed by atoms with Crippen molar-refractivity contribution >= 4 is 0 Å². The summed E-state index contributed by atoms with van der Waals surface area (Å²) in [6.07, 6.45) is 4.57. The second kappa shape index (κ2) is 5.01. The van der Waals surface area contributed by atoms with Gasteiger partial charge in [-0.15, -0.1) is 0 Å². The molecule has 0 spiro atoms. The molecule has 0 radical (unpaired) electrons. The Morgan fingerprint density at radius 2 is 2.16 bits per heavy atom. The topological polar surface area (TPSA) is 74.2 Å². The molecular formula is C14H17N3O2. The zero-order chi connectivity index (χ0) is 13.2. The number of ether oxygens (including phenoxy) is 1. The molecule has 0 bridgehead atoms. The lowest BCUT2D eigenvalue weighted by Crippen LogP contribution is -2.06. The summed E-state index contributed by atoms with van der Waals surface area (Å²) in [4.78, 5) is 4.33. The molecule has 0 saturated carbocycles. The third-order valence-corrected chi connectivity index (χ3v) is 3.58. The SMILES string of the molecule is COc1ccc2c(c1-c1noc(CN)n1)CCCC2. The van der Waals surface area contributed by atoms with E-state index in [1.165, 1.54) is 24.0 Å². The molecule has 0 saturated heterocycles. The molecule has 5 heteroatoms. The van der Waals surface area contributed by atoms with Gasteiger partial charge in [-0.3, -0.25) is 0 Å². The van der Waals surface area contributed by atoms with Crippen LogP contribution in [0.2, 0.25) is 0 Å². The number of aryl methyl sites for hydroxylation is 1. The highest BCUT2D eigenvalue weighted by molar-refractivity contribution is 5.70. The summed E-state index contributed by atoms with van der Waals surface area (Å²) in [5, 5.41) is 4.03. The van der Waals surface area contributed by atoms with Crippen molar-refractivity contribution in [3.63, 3.8) is 0 Å². The van der Waals surface area contributed by atoms with Gasteiger partial charge in [-0.2, -0.15) is 4.98 Å². The Bertz CT molecular complexity index is 592. The number of hydrogen-bond acceptors (Lipinski definition) is 5. The highest BCUT2D eigenvalue weighted by Crippen LogP contribution is 2.37. The van der Waals surface area contributed by atoms with E-state index in [4.69, 9.17) is 15.0 Å². The molecule has 1 heterocycles. The molecule has 1 aromatic carbocycles. The van der Waals surface area contributed by atoms with Crippen LogP contribution in [0.25, 0.3) is 11.4 Å². The van der Waals surface area contributed by atoms with Crippen LogP contribution in [-0.2, 0) is 19.4 Å². The number of rotatable bonds is 3. The molecule has 3 rings (SSSR count). The summed E-state index contributed by atoms with van der Waals surface area (Å²) < 4.78 is 10.6. The van der Waals surface area contributed by atoms with E-state index in [9.17, 15) is 0 Å². The van der Waals surface area contributed by atoms with Gasteiger partial charge >= 0.3 is 0 Å². The van der Waals surface area contributed by atoms with E-state index in [-0.39, 0.29) is 6.54 Å². The van der Waals surface area contributed by atoms with Crippen molar-refractivity contribution in [1.82, 2.24) is 10.1 Å². The molecule has 0 fully saturated rings. The van der Waals surface area contributed by atoms with Crippen LogP contribution in [0.4, 0.5) is 0 Å². The predicted molar refractivity (Wildman–Crippen MR) is 70.8 cm³/mol. The molecular weight excluding hydrogens is 242 g/mol. The number of fused-ring (bicyclic) bond motifs is 1. The second-order valence-corrected chi connectivity index (χ2v) is 4.70. The van der Waals surface area contributed by atoms with Gasteiger partial charge in [-0.25, -0.2) is 0 Å². The summed E-state index contributed by atoms with van der Waals surface area (Å²) in [5.41, 5.74) is 9.13. The second-order valence-electron chi connectivity index (χ2n) is 4.70. The fourth-order valence-corrected chi connectivity index (χ4v) is 2.66. The van der Waals surface area contributed by atoms with E-state index in [2.05, 4.69) is 16.2 Å². The van der Waals surface area contributed by atoms with E-state index >= 15 is 0 Å². The lowest BCUT2D eigenvalue weighted by molar-refractivity contribution is 0.379. The molecule has 0 amide bonds. The van der Waals surface area contributed by atoms with E-state index in [0.29, 0.717) is 11.7 Å². The van der Waals surface area contributed by atoms with Crippen LogP contribution in [0.1, 0.15) is 29.9 Å². The molecule has 0 atom stereocenters. The third kappa shape index (κ3) is 2.10. The number of aromatic nitrogens is 2. The van der Waals surface area contributed by atoms with Gasteiger partial charge in [-0.1, -0.05) is 11.2 Å². The van der Waals surface area contributed by atoms with Crippen LogP contribution < -0.4 is 10.5 Å². The van der Waals surface area contributed by atoms with Crippen molar-refractivity contribution in [3.05, 3.63) is 29.2 Å². The maximum absolute atomic E-state index is 5.52. The molecule has 19 heavy (non-hydrogen) atoms. The van der Waals surface area contributed by atoms with Gasteiger partial charge in [0, 0.05) is 0 Å². The maximum atomic E-state index is 5.52. The predicted octanol–water partition coefficient (Wildman–Crippen LogP) is 2.08. The molecule has 100 valence electrons. The lowest BCUT2D eigenvalue weighted by atomic mass is 9.87. The number of methoxy groups -OCH3 is 1. The summed E-state index contributed by atoms with van der Waals surface area (Å²) in [6.45, 7) is 0.254. The highest BCUT2D eigenvalue weighted by atomic mass is 16.5. The molecule has 0 unspecified atom stereocenters. The summed E-state index contributed by atoms with van der Waals surface area (Å²) in [6, 6.07) is 4.12. The minimum absolute atomic E-state index is 0.254. The first-order chi connectivity index (χ1) is 9.33. The molecule has 1 aromatic heterocycles. The maximum Gasteiger partial charge on any atom is 0.240 e. The molecule has 2 N–H and O–H groups in total. The molecule has 0 aliphatic heterocycles. The highest BCUT2D eigenvalue weighted by Gasteiger charge is 2.21. The Kier molecular flexibility index (Phi) is 3.21. The van der Waals surface area contributed by atoms with Crippen molar-refractivity contribution in [2.45, 2.75) is 32.2 Å². The van der Waals surface area contributed by atoms with Gasteiger partial charge in [0.2, 0.25) is 11.7 Å². The van der Waals surface area contributed by atoms with Crippen LogP contribution >= 0.6 is 0 Å². The van der Waals surface area contributed by atoms with Crippen LogP contribution in [0.5, 0.6) is 5.75 Å². The van der Waals surface area contributed by atoms with E-state index in [1.807, 2.05) is 6.07 Å². The summed E-state index contributed by atoms with van der Waals surface area (Å²) in [5.74, 6) is 1.83. The Hall–Kier alpha value is -1.88. The van der Waals surface area contributed by atoms with Gasteiger partial charge in [0.15, 0.2) is 0 Å². The Labute approximate surface area is 111 Å². The van der Waals surface area contributed by atoms with Crippen LogP contribution in [0.3, 0.4) is 0 Å². The molecule has 1 aliphatic rings. The van der Waals surface area contributed by atoms with Crippen molar-refractivity contribution < 1.29 is 9.26 Å². The Morgan fingerprint density at radius 1 is 1.32 bits per heavy atom. The smallest absolute Gasteiger partial charge is 0.240 e. The van der Waals surface area contributed by atoms with Crippen molar-refractivity contribution in [1.29, 1.82) is 0 Å². The van der Waals surface area contributed by atoms with E-state index < -0.39 is 0 Å². The van der Waals surface area contributed by atoms with Crippen LogP contribution in [0, 0.1) is 0 Å². The average Bonchev–Trinajstić information content (AvgIpc) is 2.94. The fraction of sp³-hybridized carbons (Fsp3) is 0.429. The van der Waals surface area contributed by atoms with Gasteiger partial charge in [0.25, 0.3) is 0 Å². The molecule has 2 aromatic rings. The first-order valence-corrected chi connectivity index (χ1v) is 6.55. The largest absolute Gasteiger partial charge is 0.496 e. The van der Waals surface area contributed by atoms with Gasteiger partial charge in [-0.05, 0) is 42.9 Å². The first kappa shape index (κ1) is 12.2. The van der Waals surface area contributed by atoms with Gasteiger partial charge in [0.1, 0.15) is 5.75 Å². The third-order valence-electron chi connectivity index (χ3n) is 3.58. The minimum Gasteiger partial charge on any atom is -0.496 e. The Balaban J connectivity index is 2.16. The number of benzene rings is 1. The number of nitrogens with two attached hydrogens (primary N) is 1. The molecule has 5 nitrogen and oxygen atoms in total. The normalized spacial score (nSPS) is 14.2. The van der Waals surface area contributed by atoms with Crippen molar-refractivity contribution in [2.24, 2.45) is 5.73 Å². The Morgan fingerprint density at radius 3 is 2.89 bits per heavy atom. The van der Waals surface area contributed by atoms with Crippen LogP contribution in [0.15, 0.2) is 16.7 Å². The zero-order valence-electron chi connectivity index (χ0n) is 11.0. The summed E-state index contributed by atoms with van der Waals surface area (Å²) in [7, 11) is 1.66. The van der Waals surface area contributed by atoms with Gasteiger partial charge in [0.05, 0.1) is 19.2 Å². The average molecular weight is 259 g/mol. The van der Waals surface area contributed by atoms with E-state index in [1.54, 1.807) is 7.11 Å². The van der Waals surface area contributed by atoms with Gasteiger partial charge < -0.3 is 15.0 Å². The lowest BCUT2D eigenvalue weighted by Gasteiger charge is -2.19. The standard InChI is InChI=1S/C14H17N3O2/c1-18-11-7-6-9-4-2-3-5-10(9)13(11)14-16-12(8-15)19-17-14/h6-7H,2-5,8,15H2,1H3. The number of hydrogen-bond donors (Lipinski definition) is 1.